The van der Waals surface area contributed by atoms with Crippen LogP contribution >= 0.6 is 0 Å². The minimum atomic E-state index is -0.641. The molecule has 1 fully saturated rings. The van der Waals surface area contributed by atoms with Crippen molar-refractivity contribution in [3.05, 3.63) is 119 Å². The Morgan fingerprint density at radius 3 is 2.29 bits per heavy atom. The Morgan fingerprint density at radius 1 is 0.867 bits per heavy atom. The van der Waals surface area contributed by atoms with E-state index in [-0.39, 0.29) is 43.0 Å². The van der Waals surface area contributed by atoms with Crippen LogP contribution in [0.2, 0.25) is 0 Å². The smallest absolute Gasteiger partial charge is 0.238 e. The van der Waals surface area contributed by atoms with Crippen LogP contribution in [0.4, 0.5) is 17.1 Å². The number of allylic oxidation sites excluding steroid dienone is 6. The number of aliphatic hydroxyl groups is 1. The molecule has 1 aliphatic heterocycles. The summed E-state index contributed by atoms with van der Waals surface area (Å²) in [6.07, 6.45) is 4.03. The first-order valence-corrected chi connectivity index (χ1v) is 15.2. The number of hydrogen-bond acceptors (Lipinski definition) is 7. The zero-order valence-corrected chi connectivity index (χ0v) is 24.7. The number of para-hydroxylation sites is 1. The SMILES string of the molecule is CC1=CC(=O)C2=C(CC3C(=CCC4C(=O)N(c5ccc(Nc6ccccc6)cc5)C(=O)C43)C2c2ccc(OCCO)cc2)C1=O. The summed E-state index contributed by atoms with van der Waals surface area (Å²) in [6, 6.07) is 24.2. The maximum Gasteiger partial charge on any atom is 0.238 e. The first-order valence-electron chi connectivity index (χ1n) is 15.2. The minimum Gasteiger partial charge on any atom is -0.491 e. The highest BCUT2D eigenvalue weighted by molar-refractivity contribution is 6.25. The molecule has 1 saturated heterocycles. The van der Waals surface area contributed by atoms with Crippen molar-refractivity contribution < 1.29 is 29.0 Å². The normalized spacial score (nSPS) is 24.1. The molecule has 4 unspecified atom stereocenters. The number of fused-ring (bicyclic) bond motifs is 3. The van der Waals surface area contributed by atoms with E-state index in [2.05, 4.69) is 5.32 Å². The van der Waals surface area contributed by atoms with Gasteiger partial charge in [0.25, 0.3) is 0 Å². The fraction of sp³-hybridized carbons (Fsp3) is 0.243. The van der Waals surface area contributed by atoms with Crippen molar-refractivity contribution in [3.63, 3.8) is 0 Å². The van der Waals surface area contributed by atoms with E-state index in [4.69, 9.17) is 9.84 Å². The van der Waals surface area contributed by atoms with Gasteiger partial charge in [0.05, 0.1) is 24.1 Å². The van der Waals surface area contributed by atoms with Crippen molar-refractivity contribution in [3.8, 4) is 5.75 Å². The summed E-state index contributed by atoms with van der Waals surface area (Å²) >= 11 is 0. The molecule has 2 amide bonds. The Kier molecular flexibility index (Phi) is 7.30. The highest BCUT2D eigenvalue weighted by Gasteiger charge is 2.56. The van der Waals surface area contributed by atoms with E-state index in [1.807, 2.05) is 60.7 Å². The lowest BCUT2D eigenvalue weighted by Gasteiger charge is -2.42. The molecular weight excluding hydrogens is 568 g/mol. The molecule has 3 aromatic carbocycles. The van der Waals surface area contributed by atoms with Crippen LogP contribution in [0.3, 0.4) is 0 Å². The molecule has 8 heteroatoms. The highest BCUT2D eigenvalue weighted by Crippen LogP contribution is 2.55. The molecule has 0 aromatic heterocycles. The van der Waals surface area contributed by atoms with Gasteiger partial charge in [-0.3, -0.25) is 24.1 Å². The molecule has 1 heterocycles. The number of hydrogen-bond donors (Lipinski definition) is 2. The molecule has 8 nitrogen and oxygen atoms in total. The topological polar surface area (TPSA) is 113 Å². The lowest BCUT2D eigenvalue weighted by molar-refractivity contribution is -0.123. The average Bonchev–Trinajstić information content (AvgIpc) is 3.32. The first kappa shape index (κ1) is 28.7. The second kappa shape index (κ2) is 11.4. The maximum absolute atomic E-state index is 14.2. The Hall–Kier alpha value is -5.08. The summed E-state index contributed by atoms with van der Waals surface area (Å²) < 4.78 is 5.54. The number of Topliss-reactive ketones (excluding diaryl/α,β-unsaturated/α-hetero) is 1. The number of ether oxygens (including phenoxy) is 1. The van der Waals surface area contributed by atoms with Gasteiger partial charge in [0.2, 0.25) is 11.8 Å². The van der Waals surface area contributed by atoms with Crippen LogP contribution < -0.4 is 15.0 Å². The molecule has 2 N–H and O–H groups in total. The van der Waals surface area contributed by atoms with Gasteiger partial charge in [-0.1, -0.05) is 42.0 Å². The van der Waals surface area contributed by atoms with Gasteiger partial charge in [0.15, 0.2) is 11.6 Å². The van der Waals surface area contributed by atoms with Crippen molar-refractivity contribution in [1.82, 2.24) is 0 Å². The van der Waals surface area contributed by atoms with Gasteiger partial charge in [-0.2, -0.15) is 0 Å². The third-order valence-corrected chi connectivity index (χ3v) is 9.32. The van der Waals surface area contributed by atoms with Gasteiger partial charge in [0, 0.05) is 34.0 Å². The molecule has 0 saturated carbocycles. The summed E-state index contributed by atoms with van der Waals surface area (Å²) in [5, 5.41) is 12.4. The summed E-state index contributed by atoms with van der Waals surface area (Å²) in [5.41, 5.74) is 5.23. The first-order chi connectivity index (χ1) is 21.9. The van der Waals surface area contributed by atoms with Gasteiger partial charge in [0.1, 0.15) is 12.4 Å². The van der Waals surface area contributed by atoms with Crippen molar-refractivity contribution >= 4 is 40.4 Å². The Balaban J connectivity index is 1.22. The lowest BCUT2D eigenvalue weighted by Crippen LogP contribution is -2.39. The van der Waals surface area contributed by atoms with Crippen LogP contribution in [0.15, 0.2) is 113 Å². The standard InChI is InChI=1S/C37H32N2O6/c1-21-19-31(41)34-30(35(21)42)20-29-27(32(34)22-7-13-26(14-8-22)45-18-17-40)15-16-28-33(29)37(44)39(36(28)43)25-11-9-24(10-12-25)38-23-5-3-2-4-6-23/h2-15,19,28-29,32-33,38,40H,16-18,20H2,1H3. The largest absolute Gasteiger partial charge is 0.491 e. The van der Waals surface area contributed by atoms with Crippen LogP contribution in [-0.4, -0.2) is 41.7 Å². The number of rotatable bonds is 7. The third kappa shape index (κ3) is 4.91. The number of aliphatic hydroxyl groups excluding tert-OH is 1. The number of nitrogens with zero attached hydrogens (tertiary/aromatic N) is 1. The summed E-state index contributed by atoms with van der Waals surface area (Å²) in [7, 11) is 0. The molecule has 3 aliphatic carbocycles. The summed E-state index contributed by atoms with van der Waals surface area (Å²) in [5.74, 6) is -2.44. The number of ketones is 2. The molecule has 4 aliphatic rings. The Labute approximate surface area is 260 Å². The molecule has 4 atom stereocenters. The van der Waals surface area contributed by atoms with Crippen LogP contribution in [0.1, 0.15) is 31.2 Å². The quantitative estimate of drug-likeness (QED) is 0.211. The fourth-order valence-electron chi connectivity index (χ4n) is 7.32. The number of carbonyl (C=O) groups excluding carboxylic acids is 4. The predicted octanol–water partition coefficient (Wildman–Crippen LogP) is 5.44. The zero-order chi connectivity index (χ0) is 31.2. The van der Waals surface area contributed by atoms with E-state index in [1.54, 1.807) is 31.2 Å². The number of benzene rings is 3. The molecule has 0 radical (unpaired) electrons. The summed E-state index contributed by atoms with van der Waals surface area (Å²) in [6.45, 7) is 1.69. The van der Waals surface area contributed by atoms with Crippen LogP contribution in [0, 0.1) is 17.8 Å². The second-order valence-electron chi connectivity index (χ2n) is 11.9. The van der Waals surface area contributed by atoms with Crippen molar-refractivity contribution in [1.29, 1.82) is 0 Å². The van der Waals surface area contributed by atoms with Crippen LogP contribution in [-0.2, 0) is 19.2 Å². The maximum atomic E-state index is 14.2. The molecule has 7 rings (SSSR count). The third-order valence-electron chi connectivity index (χ3n) is 9.32. The van der Waals surface area contributed by atoms with Crippen molar-refractivity contribution in [2.45, 2.75) is 25.7 Å². The fourth-order valence-corrected chi connectivity index (χ4v) is 7.32. The van der Waals surface area contributed by atoms with Gasteiger partial charge in [-0.25, -0.2) is 0 Å². The molecule has 226 valence electrons. The van der Waals surface area contributed by atoms with Gasteiger partial charge in [-0.15, -0.1) is 0 Å². The van der Waals surface area contributed by atoms with Crippen molar-refractivity contribution in [2.75, 3.05) is 23.4 Å². The minimum absolute atomic E-state index is 0.113. The van der Waals surface area contributed by atoms with E-state index < -0.39 is 23.7 Å². The number of anilines is 3. The van der Waals surface area contributed by atoms with Gasteiger partial charge >= 0.3 is 0 Å². The molecule has 0 spiro atoms. The second-order valence-corrected chi connectivity index (χ2v) is 11.9. The Morgan fingerprint density at radius 2 is 1.58 bits per heavy atom. The highest BCUT2D eigenvalue weighted by atomic mass is 16.5. The number of nitrogens with one attached hydrogen (secondary N) is 1. The molecule has 0 bridgehead atoms. The van der Waals surface area contributed by atoms with E-state index in [0.29, 0.717) is 34.6 Å². The van der Waals surface area contributed by atoms with E-state index in [1.165, 1.54) is 11.0 Å². The van der Waals surface area contributed by atoms with Crippen LogP contribution in [0.25, 0.3) is 0 Å². The molecular formula is C37H32N2O6. The van der Waals surface area contributed by atoms with Gasteiger partial charge in [-0.05, 0) is 85.9 Å². The lowest BCUT2D eigenvalue weighted by atomic mass is 9.59. The summed E-state index contributed by atoms with van der Waals surface area (Å²) in [4.78, 5) is 56.3. The van der Waals surface area contributed by atoms with Gasteiger partial charge < -0.3 is 15.2 Å². The molecule has 45 heavy (non-hydrogen) atoms. The zero-order valence-electron chi connectivity index (χ0n) is 24.7. The van der Waals surface area contributed by atoms with E-state index in [9.17, 15) is 19.2 Å². The number of imide groups is 1. The predicted molar refractivity (Wildman–Crippen MR) is 169 cm³/mol. The monoisotopic (exact) mass is 600 g/mol. The van der Waals surface area contributed by atoms with E-state index >= 15 is 0 Å². The average molecular weight is 601 g/mol. The number of amides is 2. The van der Waals surface area contributed by atoms with Crippen molar-refractivity contribution in [2.24, 2.45) is 17.8 Å². The molecule has 3 aromatic rings. The Bertz CT molecular complexity index is 1800. The number of carbonyl (C=O) groups is 4. The van der Waals surface area contributed by atoms with E-state index in [0.717, 1.165) is 22.5 Å². The van der Waals surface area contributed by atoms with Crippen LogP contribution in [0.5, 0.6) is 5.75 Å².